The van der Waals surface area contributed by atoms with Gasteiger partial charge in [-0.05, 0) is 24.3 Å². The molecule has 3 heterocycles. The number of carbonyl (C=O) groups excluding carboxylic acids is 2. The van der Waals surface area contributed by atoms with Crippen LogP contribution >= 0.6 is 0 Å². The maximum atomic E-state index is 12.5. The molecule has 0 unspecified atom stereocenters. The number of rotatable bonds is 4. The summed E-state index contributed by atoms with van der Waals surface area (Å²) in [7, 11) is 1.24. The number of benzene rings is 1. The number of anilines is 1. The van der Waals surface area contributed by atoms with Crippen LogP contribution in [0.5, 0.6) is 0 Å². The van der Waals surface area contributed by atoms with Gasteiger partial charge in [0.15, 0.2) is 17.5 Å². The van der Waals surface area contributed by atoms with E-state index in [2.05, 4.69) is 9.97 Å². The number of hydrogen-bond acceptors (Lipinski definition) is 8. The number of aromatic nitrogens is 2. The fraction of sp³-hybridized carbons (Fsp3) is 0.286. The van der Waals surface area contributed by atoms with E-state index >= 15 is 0 Å². The van der Waals surface area contributed by atoms with Gasteiger partial charge in [-0.3, -0.25) is 9.59 Å². The fourth-order valence-electron chi connectivity index (χ4n) is 3.45. The molecule has 0 aliphatic carbocycles. The van der Waals surface area contributed by atoms with Gasteiger partial charge in [0.2, 0.25) is 0 Å². The largest absolute Gasteiger partial charge is 0.468 e. The van der Waals surface area contributed by atoms with Crippen LogP contribution in [-0.4, -0.2) is 60.0 Å². The van der Waals surface area contributed by atoms with Crippen molar-refractivity contribution in [2.75, 3.05) is 38.2 Å². The summed E-state index contributed by atoms with van der Waals surface area (Å²) in [6.45, 7) is 1.85. The Labute approximate surface area is 172 Å². The van der Waals surface area contributed by atoms with Gasteiger partial charge >= 0.3 is 5.97 Å². The molecule has 1 atom stereocenters. The Bertz CT molecular complexity index is 1110. The van der Waals surface area contributed by atoms with Crippen molar-refractivity contribution in [1.29, 1.82) is 5.26 Å². The number of carbonyl (C=O) groups is 2. The highest BCUT2D eigenvalue weighted by Crippen LogP contribution is 2.28. The molecule has 2 aromatic heterocycles. The van der Waals surface area contributed by atoms with Crippen LogP contribution in [0.4, 0.5) is 5.82 Å². The SMILES string of the molecule is COC(=O)[C@H](C#N)c1nc2ccccc2nc1N1CCN(C(=O)c2ccco2)CC1. The minimum Gasteiger partial charge on any atom is -0.468 e. The van der Waals surface area contributed by atoms with Gasteiger partial charge < -0.3 is 19.0 Å². The first-order valence-corrected chi connectivity index (χ1v) is 9.44. The third-order valence-corrected chi connectivity index (χ3v) is 5.02. The van der Waals surface area contributed by atoms with Gasteiger partial charge in [-0.25, -0.2) is 9.97 Å². The van der Waals surface area contributed by atoms with Crippen molar-refractivity contribution in [1.82, 2.24) is 14.9 Å². The third-order valence-electron chi connectivity index (χ3n) is 5.02. The highest BCUT2D eigenvalue weighted by atomic mass is 16.5. The Morgan fingerprint density at radius 1 is 1.10 bits per heavy atom. The first-order chi connectivity index (χ1) is 14.6. The van der Waals surface area contributed by atoms with Crippen LogP contribution < -0.4 is 4.90 Å². The van der Waals surface area contributed by atoms with E-state index in [0.717, 1.165) is 0 Å². The molecule has 1 fully saturated rings. The lowest BCUT2D eigenvalue weighted by molar-refractivity contribution is -0.141. The van der Waals surface area contributed by atoms with Crippen molar-refractivity contribution in [2.24, 2.45) is 0 Å². The van der Waals surface area contributed by atoms with Gasteiger partial charge in [-0.15, -0.1) is 0 Å². The number of piperazine rings is 1. The minimum absolute atomic E-state index is 0.172. The highest BCUT2D eigenvalue weighted by Gasteiger charge is 2.31. The second-order valence-electron chi connectivity index (χ2n) is 6.76. The Morgan fingerprint density at radius 2 is 1.80 bits per heavy atom. The standard InChI is InChI=1S/C21H19N5O4/c1-29-21(28)14(13-22)18-19(24-16-6-3-2-5-15(16)23-18)25-8-10-26(11-9-25)20(27)17-7-4-12-30-17/h2-7,12,14H,8-11H2,1H3/t14-/m1/s1. The first kappa shape index (κ1) is 19.4. The molecular weight excluding hydrogens is 386 g/mol. The molecule has 1 amide bonds. The Hall–Kier alpha value is -3.93. The zero-order valence-corrected chi connectivity index (χ0v) is 16.3. The molecule has 1 aliphatic rings. The Morgan fingerprint density at radius 3 is 2.40 bits per heavy atom. The lowest BCUT2D eigenvalue weighted by atomic mass is 10.1. The summed E-state index contributed by atoms with van der Waals surface area (Å²) in [6.07, 6.45) is 1.47. The van der Waals surface area contributed by atoms with Crippen molar-refractivity contribution in [3.63, 3.8) is 0 Å². The molecule has 0 radical (unpaired) electrons. The molecule has 0 saturated carbocycles. The number of nitrogens with zero attached hydrogens (tertiary/aromatic N) is 5. The predicted molar refractivity (Wildman–Crippen MR) is 107 cm³/mol. The van der Waals surface area contributed by atoms with Crippen molar-refractivity contribution in [3.8, 4) is 6.07 Å². The second kappa shape index (κ2) is 8.21. The fourth-order valence-corrected chi connectivity index (χ4v) is 3.45. The van der Waals surface area contributed by atoms with Crippen molar-refractivity contribution in [3.05, 3.63) is 54.1 Å². The number of esters is 1. The van der Waals surface area contributed by atoms with E-state index in [1.807, 2.05) is 29.2 Å². The molecular formula is C21H19N5O4. The molecule has 3 aromatic rings. The van der Waals surface area contributed by atoms with Crippen molar-refractivity contribution >= 4 is 28.7 Å². The van der Waals surface area contributed by atoms with Crippen LogP contribution in [0.15, 0.2) is 47.1 Å². The van der Waals surface area contributed by atoms with Gasteiger partial charge in [0.1, 0.15) is 5.69 Å². The monoisotopic (exact) mass is 405 g/mol. The number of fused-ring (bicyclic) bond motifs is 1. The van der Waals surface area contributed by atoms with E-state index in [0.29, 0.717) is 48.8 Å². The molecule has 1 aromatic carbocycles. The van der Waals surface area contributed by atoms with Crippen molar-refractivity contribution < 1.29 is 18.7 Å². The van der Waals surface area contributed by atoms with Crippen molar-refractivity contribution in [2.45, 2.75) is 5.92 Å². The highest BCUT2D eigenvalue weighted by molar-refractivity contribution is 5.91. The van der Waals surface area contributed by atoms with Crippen LogP contribution in [0, 0.1) is 11.3 Å². The molecule has 1 saturated heterocycles. The summed E-state index contributed by atoms with van der Waals surface area (Å²) < 4.78 is 9.99. The number of nitriles is 1. The zero-order chi connectivity index (χ0) is 21.1. The minimum atomic E-state index is -1.19. The van der Waals surface area contributed by atoms with Gasteiger partial charge in [0.05, 0.1) is 30.5 Å². The number of ether oxygens (including phenoxy) is 1. The van der Waals surface area contributed by atoms with E-state index in [1.165, 1.54) is 13.4 Å². The van der Waals surface area contributed by atoms with Gasteiger partial charge in [0, 0.05) is 26.2 Å². The smallest absolute Gasteiger partial charge is 0.329 e. The summed E-state index contributed by atoms with van der Waals surface area (Å²) in [4.78, 5) is 37.6. The lowest BCUT2D eigenvalue weighted by Crippen LogP contribution is -2.49. The van der Waals surface area contributed by atoms with E-state index < -0.39 is 11.9 Å². The van der Waals surface area contributed by atoms with E-state index in [9.17, 15) is 14.9 Å². The van der Waals surface area contributed by atoms with E-state index in [4.69, 9.17) is 9.15 Å². The topological polar surface area (TPSA) is 113 Å². The molecule has 1 aliphatic heterocycles. The average molecular weight is 405 g/mol. The number of hydrogen-bond donors (Lipinski definition) is 0. The van der Waals surface area contributed by atoms with Crippen LogP contribution in [0.25, 0.3) is 11.0 Å². The summed E-state index contributed by atoms with van der Waals surface area (Å²) in [5.74, 6) is -1.30. The van der Waals surface area contributed by atoms with Gasteiger partial charge in [-0.1, -0.05) is 12.1 Å². The number of furan rings is 1. The number of methoxy groups -OCH3 is 1. The van der Waals surface area contributed by atoms with Gasteiger partial charge in [0.25, 0.3) is 5.91 Å². The summed E-state index contributed by atoms with van der Waals surface area (Å²) >= 11 is 0. The maximum absolute atomic E-state index is 12.5. The molecule has 4 rings (SSSR count). The third kappa shape index (κ3) is 3.55. The van der Waals surface area contributed by atoms with Crippen LogP contribution in [0.1, 0.15) is 22.2 Å². The van der Waals surface area contributed by atoms with E-state index in [1.54, 1.807) is 23.1 Å². The summed E-state index contributed by atoms with van der Waals surface area (Å²) in [5.41, 5.74) is 1.51. The second-order valence-corrected chi connectivity index (χ2v) is 6.76. The quantitative estimate of drug-likeness (QED) is 0.606. The molecule has 9 nitrogen and oxygen atoms in total. The number of para-hydroxylation sites is 2. The Balaban J connectivity index is 1.65. The van der Waals surface area contributed by atoms with Crippen LogP contribution in [-0.2, 0) is 9.53 Å². The van der Waals surface area contributed by atoms with Crippen LogP contribution in [0.2, 0.25) is 0 Å². The lowest BCUT2D eigenvalue weighted by Gasteiger charge is -2.35. The molecule has 152 valence electrons. The molecule has 30 heavy (non-hydrogen) atoms. The zero-order valence-electron chi connectivity index (χ0n) is 16.3. The van der Waals surface area contributed by atoms with Gasteiger partial charge in [-0.2, -0.15) is 5.26 Å². The first-order valence-electron chi connectivity index (χ1n) is 9.44. The maximum Gasteiger partial charge on any atom is 0.329 e. The predicted octanol–water partition coefficient (Wildman–Crippen LogP) is 1.97. The molecule has 0 N–H and O–H groups in total. The molecule has 9 heteroatoms. The normalized spacial score (nSPS) is 14.9. The molecule has 0 bridgehead atoms. The van der Waals surface area contributed by atoms with Crippen LogP contribution in [0.3, 0.4) is 0 Å². The average Bonchev–Trinajstić information content (AvgIpc) is 3.33. The summed E-state index contributed by atoms with van der Waals surface area (Å²) in [5, 5.41) is 9.60. The Kier molecular flexibility index (Phi) is 5.30. The molecule has 0 spiro atoms. The number of amides is 1. The summed E-state index contributed by atoms with van der Waals surface area (Å²) in [6, 6.07) is 12.6. The van der Waals surface area contributed by atoms with E-state index in [-0.39, 0.29) is 11.6 Å².